The number of piperazine rings is 1. The van der Waals surface area contributed by atoms with Gasteiger partial charge in [0.15, 0.2) is 5.96 Å². The third-order valence-corrected chi connectivity index (χ3v) is 5.59. The van der Waals surface area contributed by atoms with Gasteiger partial charge in [-0.3, -0.25) is 9.89 Å². The highest BCUT2D eigenvalue weighted by atomic mass is 127. The molecule has 2 aromatic rings. The first-order chi connectivity index (χ1) is 15.4. The molecule has 0 aromatic heterocycles. The maximum Gasteiger partial charge on any atom is 0.387 e. The molecule has 0 aliphatic carbocycles. The van der Waals surface area contributed by atoms with Gasteiger partial charge in [0.2, 0.25) is 0 Å². The number of nitrogens with zero attached hydrogens (tertiary/aromatic N) is 3. The third kappa shape index (κ3) is 9.05. The van der Waals surface area contributed by atoms with Crippen LogP contribution in [0.1, 0.15) is 22.3 Å². The first kappa shape index (κ1) is 27.3. The van der Waals surface area contributed by atoms with E-state index in [4.69, 9.17) is 0 Å². The number of guanidine groups is 1. The smallest absolute Gasteiger partial charge is 0.387 e. The first-order valence-electron chi connectivity index (χ1n) is 10.9. The molecule has 1 fully saturated rings. The fourth-order valence-electron chi connectivity index (χ4n) is 3.67. The van der Waals surface area contributed by atoms with Crippen molar-refractivity contribution in [1.29, 1.82) is 0 Å². The number of hydrogen-bond acceptors (Lipinski definition) is 4. The molecule has 182 valence electrons. The summed E-state index contributed by atoms with van der Waals surface area (Å²) in [6, 6.07) is 13.7. The minimum Gasteiger partial charge on any atom is -0.434 e. The fraction of sp³-hybridized carbons (Fsp3) is 0.458. The van der Waals surface area contributed by atoms with Gasteiger partial charge >= 0.3 is 6.61 Å². The summed E-state index contributed by atoms with van der Waals surface area (Å²) in [4.78, 5) is 9.07. The highest BCUT2D eigenvalue weighted by Gasteiger charge is 2.14. The third-order valence-electron chi connectivity index (χ3n) is 5.59. The molecule has 0 spiro atoms. The molecular weight excluding hydrogens is 539 g/mol. The number of aryl methyl sites for hydroxylation is 1. The van der Waals surface area contributed by atoms with Gasteiger partial charge in [0.25, 0.3) is 0 Å². The number of hydrogen-bond donors (Lipinski definition) is 2. The molecule has 1 aliphatic heterocycles. The quantitative estimate of drug-likeness (QED) is 0.286. The standard InChI is InChI=1S/C24H33F2N5O.HI/c1-18-4-9-22(32-23(25)26)21(14-18)16-29-24(27-2)28-15-19-5-7-20(8-6-19)17-31-12-10-30(3)11-13-31;/h4-9,14,23H,10-13,15-17H2,1-3H3,(H2,27,28,29);1H. The van der Waals surface area contributed by atoms with E-state index in [1.807, 2.05) is 13.0 Å². The van der Waals surface area contributed by atoms with E-state index in [1.54, 1.807) is 19.2 Å². The largest absolute Gasteiger partial charge is 0.434 e. The zero-order valence-corrected chi connectivity index (χ0v) is 21.8. The summed E-state index contributed by atoms with van der Waals surface area (Å²) in [6.07, 6.45) is 0. The van der Waals surface area contributed by atoms with Gasteiger partial charge in [0.1, 0.15) is 5.75 Å². The minimum absolute atomic E-state index is 0. The van der Waals surface area contributed by atoms with Crippen LogP contribution in [-0.4, -0.2) is 62.6 Å². The molecular formula is C24H34F2IN5O. The molecule has 1 heterocycles. The predicted molar refractivity (Wildman–Crippen MR) is 139 cm³/mol. The number of alkyl halides is 2. The van der Waals surface area contributed by atoms with E-state index >= 15 is 0 Å². The highest BCUT2D eigenvalue weighted by Crippen LogP contribution is 2.22. The molecule has 2 N–H and O–H groups in total. The van der Waals surface area contributed by atoms with Gasteiger partial charge in [-0.2, -0.15) is 8.78 Å². The number of ether oxygens (including phenoxy) is 1. The molecule has 0 unspecified atom stereocenters. The molecule has 6 nitrogen and oxygen atoms in total. The van der Waals surface area contributed by atoms with Crippen molar-refractivity contribution in [2.24, 2.45) is 4.99 Å². The Bertz CT molecular complexity index is 887. The summed E-state index contributed by atoms with van der Waals surface area (Å²) in [5, 5.41) is 6.44. The molecule has 1 aliphatic rings. The SMILES string of the molecule is CN=C(NCc1ccc(CN2CCN(C)CC2)cc1)NCc1cc(C)ccc1OC(F)F.I. The summed E-state index contributed by atoms with van der Waals surface area (Å²) in [5.74, 6) is 0.764. The van der Waals surface area contributed by atoms with Crippen molar-refractivity contribution in [3.63, 3.8) is 0 Å². The average molecular weight is 573 g/mol. The summed E-state index contributed by atoms with van der Waals surface area (Å²) >= 11 is 0. The monoisotopic (exact) mass is 573 g/mol. The van der Waals surface area contributed by atoms with Crippen LogP contribution in [0.15, 0.2) is 47.5 Å². The Balaban J connectivity index is 0.00000385. The van der Waals surface area contributed by atoms with E-state index in [0.29, 0.717) is 24.6 Å². The van der Waals surface area contributed by atoms with Gasteiger partial charge in [-0.05, 0) is 31.2 Å². The lowest BCUT2D eigenvalue weighted by molar-refractivity contribution is -0.0504. The van der Waals surface area contributed by atoms with Gasteiger partial charge < -0.3 is 20.3 Å². The lowest BCUT2D eigenvalue weighted by atomic mass is 10.1. The Morgan fingerprint density at radius 1 is 1.00 bits per heavy atom. The average Bonchev–Trinajstić information content (AvgIpc) is 2.78. The zero-order valence-electron chi connectivity index (χ0n) is 19.5. The van der Waals surface area contributed by atoms with E-state index in [0.717, 1.165) is 43.9 Å². The maximum absolute atomic E-state index is 12.7. The second kappa shape index (κ2) is 13.7. The zero-order chi connectivity index (χ0) is 22.9. The number of aliphatic imine (C=N–C) groups is 1. The molecule has 0 atom stereocenters. The first-order valence-corrected chi connectivity index (χ1v) is 10.9. The Hall–Kier alpha value is -1.98. The second-order valence-corrected chi connectivity index (χ2v) is 8.16. The molecule has 0 radical (unpaired) electrons. The summed E-state index contributed by atoms with van der Waals surface area (Å²) in [5.41, 5.74) is 4.09. The molecule has 0 bridgehead atoms. The van der Waals surface area contributed by atoms with E-state index < -0.39 is 6.61 Å². The van der Waals surface area contributed by atoms with Crippen molar-refractivity contribution in [1.82, 2.24) is 20.4 Å². The van der Waals surface area contributed by atoms with Crippen molar-refractivity contribution in [3.8, 4) is 5.75 Å². The van der Waals surface area contributed by atoms with Crippen LogP contribution >= 0.6 is 24.0 Å². The number of nitrogens with one attached hydrogen (secondary N) is 2. The normalized spacial score (nSPS) is 15.3. The molecule has 1 saturated heterocycles. The van der Waals surface area contributed by atoms with Crippen molar-refractivity contribution in [2.75, 3.05) is 40.3 Å². The minimum atomic E-state index is -2.85. The van der Waals surface area contributed by atoms with Crippen LogP contribution in [-0.2, 0) is 19.6 Å². The maximum atomic E-state index is 12.7. The van der Waals surface area contributed by atoms with E-state index in [9.17, 15) is 8.78 Å². The van der Waals surface area contributed by atoms with E-state index in [2.05, 4.69) is 61.5 Å². The summed E-state index contributed by atoms with van der Waals surface area (Å²) in [6.45, 7) is 5.42. The van der Waals surface area contributed by atoms with Crippen LogP contribution in [0.3, 0.4) is 0 Å². The Labute approximate surface area is 212 Å². The van der Waals surface area contributed by atoms with Crippen LogP contribution in [0.5, 0.6) is 5.75 Å². The molecule has 2 aromatic carbocycles. The number of benzene rings is 2. The molecule has 0 saturated carbocycles. The topological polar surface area (TPSA) is 52.1 Å². The van der Waals surface area contributed by atoms with Crippen molar-refractivity contribution < 1.29 is 13.5 Å². The molecule has 33 heavy (non-hydrogen) atoms. The Kier molecular flexibility index (Phi) is 11.3. The van der Waals surface area contributed by atoms with Crippen LogP contribution in [0.2, 0.25) is 0 Å². The second-order valence-electron chi connectivity index (χ2n) is 8.16. The fourth-order valence-corrected chi connectivity index (χ4v) is 3.67. The lowest BCUT2D eigenvalue weighted by Gasteiger charge is -2.32. The van der Waals surface area contributed by atoms with E-state index in [-0.39, 0.29) is 29.7 Å². The highest BCUT2D eigenvalue weighted by molar-refractivity contribution is 14.0. The van der Waals surface area contributed by atoms with Crippen LogP contribution < -0.4 is 15.4 Å². The molecule has 9 heteroatoms. The number of halogens is 3. The van der Waals surface area contributed by atoms with E-state index in [1.165, 1.54) is 5.56 Å². The van der Waals surface area contributed by atoms with Crippen molar-refractivity contribution in [2.45, 2.75) is 33.2 Å². The Morgan fingerprint density at radius 3 is 2.27 bits per heavy atom. The predicted octanol–water partition coefficient (Wildman–Crippen LogP) is 3.83. The molecule has 3 rings (SSSR count). The summed E-state index contributed by atoms with van der Waals surface area (Å²) < 4.78 is 30.0. The number of likely N-dealkylation sites (N-methyl/N-ethyl adjacent to an activating group) is 1. The number of rotatable bonds is 8. The van der Waals surface area contributed by atoms with Crippen LogP contribution in [0.25, 0.3) is 0 Å². The lowest BCUT2D eigenvalue weighted by Crippen LogP contribution is -2.43. The van der Waals surface area contributed by atoms with Crippen molar-refractivity contribution >= 4 is 29.9 Å². The van der Waals surface area contributed by atoms with Gasteiger partial charge in [0, 0.05) is 58.4 Å². The Morgan fingerprint density at radius 2 is 1.64 bits per heavy atom. The van der Waals surface area contributed by atoms with Gasteiger partial charge in [-0.25, -0.2) is 0 Å². The van der Waals surface area contributed by atoms with Crippen LogP contribution in [0, 0.1) is 6.92 Å². The van der Waals surface area contributed by atoms with Gasteiger partial charge in [-0.1, -0.05) is 42.0 Å². The van der Waals surface area contributed by atoms with Crippen LogP contribution in [0.4, 0.5) is 8.78 Å². The van der Waals surface area contributed by atoms with Gasteiger partial charge in [0.05, 0.1) is 0 Å². The summed E-state index contributed by atoms with van der Waals surface area (Å²) in [7, 11) is 3.85. The van der Waals surface area contributed by atoms with Gasteiger partial charge in [-0.15, -0.1) is 24.0 Å². The van der Waals surface area contributed by atoms with Crippen molar-refractivity contribution in [3.05, 3.63) is 64.7 Å². The molecule has 0 amide bonds.